The highest BCUT2D eigenvalue weighted by Crippen LogP contribution is 2.19. The number of nitrogens with zero attached hydrogens (tertiary/aromatic N) is 5. The third-order valence-electron chi connectivity index (χ3n) is 7.45. The van der Waals surface area contributed by atoms with E-state index in [0.29, 0.717) is 29.0 Å². The molecule has 1 amide bonds. The number of hydrogen-bond donors (Lipinski definition) is 4. The highest BCUT2D eigenvalue weighted by molar-refractivity contribution is 5.97. The van der Waals surface area contributed by atoms with Gasteiger partial charge in [0.2, 0.25) is 5.95 Å². The maximum Gasteiger partial charge on any atom is 0.328 e. The van der Waals surface area contributed by atoms with Gasteiger partial charge < -0.3 is 31.5 Å². The van der Waals surface area contributed by atoms with Crippen molar-refractivity contribution in [1.82, 2.24) is 25.3 Å². The van der Waals surface area contributed by atoms with E-state index in [4.69, 9.17) is 21.3 Å². The van der Waals surface area contributed by atoms with Crippen molar-refractivity contribution < 1.29 is 24.2 Å². The average molecular weight is 623 g/mol. The van der Waals surface area contributed by atoms with Gasteiger partial charge in [-0.25, -0.2) is 14.8 Å². The molecule has 0 aliphatic heterocycles. The Kier molecular flexibility index (Phi) is 14.2. The molecule has 2 heterocycles. The molecule has 6 N–H and O–H groups in total. The summed E-state index contributed by atoms with van der Waals surface area (Å²) in [6, 6.07) is 5.72. The van der Waals surface area contributed by atoms with E-state index in [0.717, 1.165) is 24.9 Å². The smallest absolute Gasteiger partial charge is 0.328 e. The molecule has 1 unspecified atom stereocenters. The lowest BCUT2D eigenvalue weighted by Crippen LogP contribution is -2.42. The molecule has 0 spiro atoms. The summed E-state index contributed by atoms with van der Waals surface area (Å²) < 4.78 is 5.41. The van der Waals surface area contributed by atoms with Gasteiger partial charge in [-0.2, -0.15) is 9.97 Å². The maximum absolute atomic E-state index is 13.0. The number of aromatic nitrogens is 4. The molecule has 0 fully saturated rings. The van der Waals surface area contributed by atoms with Gasteiger partial charge in [-0.15, -0.1) is 0 Å². The number of rotatable bonds is 20. The van der Waals surface area contributed by atoms with E-state index in [1.165, 1.54) is 44.9 Å². The van der Waals surface area contributed by atoms with Crippen LogP contribution in [0.5, 0.6) is 0 Å². The van der Waals surface area contributed by atoms with Crippen molar-refractivity contribution in [2.75, 3.05) is 30.0 Å². The number of anilines is 3. The van der Waals surface area contributed by atoms with E-state index in [2.05, 4.69) is 32.2 Å². The summed E-state index contributed by atoms with van der Waals surface area (Å²) in [7, 11) is 1.86. The normalized spacial score (nSPS) is 11.7. The zero-order chi connectivity index (χ0) is 32.6. The van der Waals surface area contributed by atoms with Crippen LogP contribution < -0.4 is 21.7 Å². The summed E-state index contributed by atoms with van der Waals surface area (Å²) in [6.45, 7) is 2.84. The molecule has 0 bridgehead atoms. The van der Waals surface area contributed by atoms with Crippen molar-refractivity contribution in [2.24, 2.45) is 0 Å². The van der Waals surface area contributed by atoms with Crippen LogP contribution in [0.2, 0.25) is 0 Å². The molecule has 3 aromatic rings. The zero-order valence-corrected chi connectivity index (χ0v) is 26.3. The Bertz CT molecular complexity index is 1400. The van der Waals surface area contributed by atoms with E-state index in [-0.39, 0.29) is 31.2 Å². The van der Waals surface area contributed by atoms with Gasteiger partial charge in [-0.3, -0.25) is 9.59 Å². The van der Waals surface area contributed by atoms with Crippen molar-refractivity contribution in [1.29, 1.82) is 0 Å². The molecule has 1 atom stereocenters. The first kappa shape index (κ1) is 34.9. The van der Waals surface area contributed by atoms with Crippen LogP contribution in [-0.4, -0.2) is 62.6 Å². The Hall–Kier alpha value is -4.55. The molecule has 3 rings (SSSR count). The number of benzene rings is 1. The fraction of sp³-hybridized carbons (Fsp3) is 0.531. The lowest BCUT2D eigenvalue weighted by Gasteiger charge is -2.20. The Morgan fingerprint density at radius 2 is 1.58 bits per heavy atom. The minimum Gasteiger partial charge on any atom is -0.481 e. The van der Waals surface area contributed by atoms with E-state index in [1.807, 2.05) is 11.9 Å². The molecule has 0 aliphatic rings. The van der Waals surface area contributed by atoms with Crippen LogP contribution in [0.15, 0.2) is 30.5 Å². The zero-order valence-electron chi connectivity index (χ0n) is 26.3. The van der Waals surface area contributed by atoms with Crippen molar-refractivity contribution in [3.8, 4) is 0 Å². The van der Waals surface area contributed by atoms with Gasteiger partial charge >= 0.3 is 11.9 Å². The monoisotopic (exact) mass is 622 g/mol. The first-order valence-corrected chi connectivity index (χ1v) is 15.7. The number of nitrogen functional groups attached to an aromatic ring is 2. The molecule has 0 radical (unpaired) electrons. The molecule has 244 valence electrons. The number of aliphatic carboxylic acids is 1. The molecule has 13 nitrogen and oxygen atoms in total. The molecular weight excluding hydrogens is 576 g/mol. The second-order valence-electron chi connectivity index (χ2n) is 11.2. The van der Waals surface area contributed by atoms with Gasteiger partial charge in [0.1, 0.15) is 6.04 Å². The summed E-state index contributed by atoms with van der Waals surface area (Å²) in [5.41, 5.74) is 14.0. The van der Waals surface area contributed by atoms with Crippen molar-refractivity contribution in [3.63, 3.8) is 0 Å². The summed E-state index contributed by atoms with van der Waals surface area (Å²) in [5.74, 6) is -2.00. The van der Waals surface area contributed by atoms with Gasteiger partial charge in [-0.1, -0.05) is 64.7 Å². The molecule has 45 heavy (non-hydrogen) atoms. The Balaban J connectivity index is 1.48. The number of carboxylic acid groups (broad SMARTS) is 1. The lowest BCUT2D eigenvalue weighted by molar-refractivity contribution is -0.146. The molecule has 2 aromatic heterocycles. The standard InChI is InChI=1S/C32H46N8O5/c1-3-4-5-6-7-8-9-10-11-12-19-45-31(44)25(17-18-26(41)42)37-30(43)22-13-15-24(16-14-22)40(2)21-23-20-35-29-27(36-23)28(33)38-32(34)39-29/h13-16,20,25H,3-12,17-19,21H2,1-2H3,(H,37,43)(H,41,42)(H4,33,34,35,38,39). The number of hydrogen-bond acceptors (Lipinski definition) is 11. The fourth-order valence-corrected chi connectivity index (χ4v) is 4.88. The van der Waals surface area contributed by atoms with Crippen LogP contribution in [0.4, 0.5) is 17.5 Å². The summed E-state index contributed by atoms with van der Waals surface area (Å²) in [5, 5.41) is 11.8. The number of ether oxygens (including phenoxy) is 1. The largest absolute Gasteiger partial charge is 0.481 e. The number of unbranched alkanes of at least 4 members (excludes halogenated alkanes) is 9. The molecule has 13 heteroatoms. The minimum absolute atomic E-state index is 0.0257. The van der Waals surface area contributed by atoms with Crippen LogP contribution in [0.1, 0.15) is 100 Å². The molecule has 0 saturated heterocycles. The molecule has 0 aliphatic carbocycles. The summed E-state index contributed by atoms with van der Waals surface area (Å²) in [6.07, 6.45) is 12.8. The number of carbonyl (C=O) groups is 3. The highest BCUT2D eigenvalue weighted by Gasteiger charge is 2.24. The van der Waals surface area contributed by atoms with Crippen molar-refractivity contribution in [3.05, 3.63) is 41.7 Å². The van der Waals surface area contributed by atoms with Gasteiger partial charge in [0.25, 0.3) is 5.91 Å². The number of nitrogens with two attached hydrogens (primary N) is 2. The Labute approximate surface area is 264 Å². The van der Waals surface area contributed by atoms with Crippen molar-refractivity contribution in [2.45, 2.75) is 96.6 Å². The first-order chi connectivity index (χ1) is 21.7. The molecular formula is C32H46N8O5. The Morgan fingerprint density at radius 1 is 0.933 bits per heavy atom. The number of esters is 1. The van der Waals surface area contributed by atoms with E-state index in [1.54, 1.807) is 30.5 Å². The highest BCUT2D eigenvalue weighted by atomic mass is 16.5. The van der Waals surface area contributed by atoms with Gasteiger partial charge in [-0.05, 0) is 37.1 Å². The fourth-order valence-electron chi connectivity index (χ4n) is 4.88. The van der Waals surface area contributed by atoms with Crippen LogP contribution in [-0.2, 0) is 20.9 Å². The van der Waals surface area contributed by atoms with Crippen molar-refractivity contribution >= 4 is 46.5 Å². The minimum atomic E-state index is -1.06. The third-order valence-corrected chi connectivity index (χ3v) is 7.45. The quantitative estimate of drug-likeness (QED) is 0.101. The molecule has 0 saturated carbocycles. The number of fused-ring (bicyclic) bond motifs is 1. The Morgan fingerprint density at radius 3 is 2.22 bits per heavy atom. The maximum atomic E-state index is 13.0. The topological polar surface area (TPSA) is 200 Å². The second-order valence-corrected chi connectivity index (χ2v) is 11.2. The van der Waals surface area contributed by atoms with Crippen LogP contribution in [0, 0.1) is 0 Å². The summed E-state index contributed by atoms with van der Waals surface area (Å²) >= 11 is 0. The predicted molar refractivity (Wildman–Crippen MR) is 173 cm³/mol. The van der Waals surface area contributed by atoms with E-state index < -0.39 is 23.9 Å². The van der Waals surface area contributed by atoms with Crippen LogP contribution >= 0.6 is 0 Å². The average Bonchev–Trinajstić information content (AvgIpc) is 3.01. The SMILES string of the molecule is CCCCCCCCCCCCOC(=O)C(CCC(=O)O)NC(=O)c1ccc(N(C)Cc2cnc3nc(N)nc(N)c3n2)cc1. The number of carboxylic acids is 1. The van der Waals surface area contributed by atoms with Gasteiger partial charge in [0.15, 0.2) is 17.0 Å². The van der Waals surface area contributed by atoms with Crippen LogP contribution in [0.3, 0.4) is 0 Å². The first-order valence-electron chi connectivity index (χ1n) is 15.7. The lowest BCUT2D eigenvalue weighted by atomic mass is 10.1. The van der Waals surface area contributed by atoms with Gasteiger partial charge in [0, 0.05) is 24.7 Å². The molecule has 1 aromatic carbocycles. The number of nitrogens with one attached hydrogen (secondary N) is 1. The van der Waals surface area contributed by atoms with Crippen LogP contribution in [0.25, 0.3) is 11.2 Å². The summed E-state index contributed by atoms with van der Waals surface area (Å²) in [4.78, 5) is 55.6. The second kappa shape index (κ2) is 18.3. The number of amides is 1. The van der Waals surface area contributed by atoms with Gasteiger partial charge in [0.05, 0.1) is 25.0 Å². The van der Waals surface area contributed by atoms with E-state index >= 15 is 0 Å². The number of carbonyl (C=O) groups excluding carboxylic acids is 2. The van der Waals surface area contributed by atoms with E-state index in [9.17, 15) is 14.4 Å². The third kappa shape index (κ3) is 11.8. The predicted octanol–water partition coefficient (Wildman–Crippen LogP) is 4.65.